The average Bonchev–Trinajstić information content (AvgIpc) is 2.69. The Labute approximate surface area is 194 Å². The summed E-state index contributed by atoms with van der Waals surface area (Å²) < 4.78 is 51.1. The predicted octanol–water partition coefficient (Wildman–Crippen LogP) is 2.76. The van der Waals surface area contributed by atoms with Gasteiger partial charge in [0.1, 0.15) is 12.4 Å². The molecule has 182 valence electrons. The highest BCUT2D eigenvalue weighted by molar-refractivity contribution is 6.31. The van der Waals surface area contributed by atoms with Crippen LogP contribution >= 0.6 is 11.6 Å². The van der Waals surface area contributed by atoms with Crippen molar-refractivity contribution >= 4 is 29.1 Å². The molecule has 1 aliphatic heterocycles. The maximum Gasteiger partial charge on any atom is 0.522 e. The molecule has 1 unspecified atom stereocenters. The summed E-state index contributed by atoms with van der Waals surface area (Å²) in [7, 11) is 1.84. The Balaban J connectivity index is 1.30. The van der Waals surface area contributed by atoms with Crippen molar-refractivity contribution in [3.63, 3.8) is 0 Å². The summed E-state index contributed by atoms with van der Waals surface area (Å²) in [4.78, 5) is 26.2. The second-order valence-corrected chi connectivity index (χ2v) is 8.32. The Morgan fingerprint density at radius 3 is 2.73 bits per heavy atom. The zero-order valence-electron chi connectivity index (χ0n) is 17.9. The van der Waals surface area contributed by atoms with Gasteiger partial charge in [-0.1, -0.05) is 18.2 Å². The second-order valence-electron chi connectivity index (χ2n) is 7.88. The lowest BCUT2D eigenvalue weighted by Crippen LogP contribution is -2.48. The molecule has 0 spiro atoms. The molecule has 2 amide bonds. The predicted molar refractivity (Wildman–Crippen MR) is 114 cm³/mol. The molecule has 8 nitrogen and oxygen atoms in total. The quantitative estimate of drug-likeness (QED) is 0.552. The molecule has 1 fully saturated rings. The third-order valence-electron chi connectivity index (χ3n) is 5.18. The minimum Gasteiger partial charge on any atom is -0.477 e. The Bertz CT molecular complexity index is 892. The number of nitrogens with zero attached hydrogens (tertiary/aromatic N) is 1. The van der Waals surface area contributed by atoms with E-state index in [2.05, 4.69) is 21.9 Å². The molecule has 3 rings (SSSR count). The smallest absolute Gasteiger partial charge is 0.477 e. The van der Waals surface area contributed by atoms with Crippen molar-refractivity contribution in [2.24, 2.45) is 0 Å². The number of nitrogens with one attached hydrogen (secondary N) is 2. The topological polar surface area (TPSA) is 89.1 Å². The molecule has 1 aromatic carbocycles. The van der Waals surface area contributed by atoms with E-state index in [9.17, 15) is 22.8 Å². The molecule has 0 aromatic heterocycles. The Morgan fingerprint density at radius 2 is 2.03 bits per heavy atom. The number of ether oxygens (including phenoxy) is 3. The summed E-state index contributed by atoms with van der Waals surface area (Å²) in [6.07, 6.45) is -6.31. The van der Waals surface area contributed by atoms with E-state index in [0.717, 1.165) is 5.69 Å². The molecule has 1 heterocycles. The van der Waals surface area contributed by atoms with Crippen LogP contribution in [-0.2, 0) is 19.1 Å². The molecule has 12 heteroatoms. The summed E-state index contributed by atoms with van der Waals surface area (Å²) in [5, 5.41) is 5.86. The number of rotatable bonds is 9. The number of alkyl halides is 3. The van der Waals surface area contributed by atoms with Crippen molar-refractivity contribution in [2.75, 3.05) is 31.6 Å². The van der Waals surface area contributed by atoms with Crippen LogP contribution in [0.15, 0.2) is 30.5 Å². The van der Waals surface area contributed by atoms with Crippen molar-refractivity contribution < 1.29 is 37.0 Å². The summed E-state index contributed by atoms with van der Waals surface area (Å²) >= 11 is 6.00. The molecule has 1 aromatic rings. The first-order valence-corrected chi connectivity index (χ1v) is 10.7. The highest BCUT2D eigenvalue weighted by Gasteiger charge is 2.40. The van der Waals surface area contributed by atoms with Crippen LogP contribution < -0.4 is 20.3 Å². The first kappa shape index (κ1) is 25.1. The van der Waals surface area contributed by atoms with E-state index < -0.39 is 30.6 Å². The van der Waals surface area contributed by atoms with E-state index in [1.54, 1.807) is 18.2 Å². The lowest BCUT2D eigenvalue weighted by Gasteiger charge is -2.34. The van der Waals surface area contributed by atoms with Gasteiger partial charge in [-0.15, -0.1) is 13.2 Å². The van der Waals surface area contributed by atoms with E-state index in [4.69, 9.17) is 21.1 Å². The zero-order chi connectivity index (χ0) is 24.2. The van der Waals surface area contributed by atoms with Gasteiger partial charge in [-0.3, -0.25) is 14.3 Å². The summed E-state index contributed by atoms with van der Waals surface area (Å²) in [5.41, 5.74) is 1.17. The monoisotopic (exact) mass is 491 g/mol. The molecular weight excluding hydrogens is 467 g/mol. The standard InChI is InChI=1S/C21H25ClF3N3O5/c1-12(27-19(29)11-31-14-8-15(9-14)33-21(23,24)25)5-6-26-20(30)18-10-28(2)16-7-13(22)3-4-17(16)32-18/h3-4,7,14-15,18H,1,5-6,8-11H2,2H3,(H,26,30)(H,27,29). The Hall–Kier alpha value is -2.50. The first-order chi connectivity index (χ1) is 15.5. The third kappa shape index (κ3) is 7.51. The van der Waals surface area contributed by atoms with Gasteiger partial charge < -0.3 is 25.0 Å². The molecule has 2 aliphatic rings. The Morgan fingerprint density at radius 1 is 1.30 bits per heavy atom. The van der Waals surface area contributed by atoms with E-state index in [-0.39, 0.29) is 38.3 Å². The van der Waals surface area contributed by atoms with E-state index in [0.29, 0.717) is 23.0 Å². The summed E-state index contributed by atoms with van der Waals surface area (Å²) in [6, 6.07) is 5.16. The number of anilines is 1. The van der Waals surface area contributed by atoms with Crippen molar-refractivity contribution in [3.8, 4) is 5.75 Å². The summed E-state index contributed by atoms with van der Waals surface area (Å²) in [5.74, 6) is -0.211. The van der Waals surface area contributed by atoms with Crippen LogP contribution in [0.4, 0.5) is 18.9 Å². The van der Waals surface area contributed by atoms with Crippen LogP contribution in [0.2, 0.25) is 5.02 Å². The number of likely N-dealkylation sites (N-methyl/N-ethyl adjacent to an activating group) is 1. The number of benzene rings is 1. The molecule has 2 N–H and O–H groups in total. The maximum absolute atomic E-state index is 12.4. The van der Waals surface area contributed by atoms with Gasteiger partial charge in [0, 0.05) is 43.6 Å². The number of hydrogen-bond acceptors (Lipinski definition) is 6. The Kier molecular flexibility index (Phi) is 8.09. The average molecular weight is 492 g/mol. The van der Waals surface area contributed by atoms with Crippen LogP contribution in [0.25, 0.3) is 0 Å². The number of amides is 2. The fourth-order valence-corrected chi connectivity index (χ4v) is 3.61. The fraction of sp³-hybridized carbons (Fsp3) is 0.524. The zero-order valence-corrected chi connectivity index (χ0v) is 18.7. The molecule has 1 aliphatic carbocycles. The molecule has 33 heavy (non-hydrogen) atoms. The maximum atomic E-state index is 12.4. The third-order valence-corrected chi connectivity index (χ3v) is 5.41. The van der Waals surface area contributed by atoms with E-state index >= 15 is 0 Å². The van der Waals surface area contributed by atoms with Crippen molar-refractivity contribution in [2.45, 2.75) is 43.9 Å². The van der Waals surface area contributed by atoms with Gasteiger partial charge in [0.05, 0.1) is 24.4 Å². The van der Waals surface area contributed by atoms with Crippen LogP contribution in [0.5, 0.6) is 5.75 Å². The molecule has 1 atom stereocenters. The van der Waals surface area contributed by atoms with Crippen molar-refractivity contribution in [3.05, 3.63) is 35.5 Å². The molecule has 0 radical (unpaired) electrons. The number of carbonyl (C=O) groups excluding carboxylic acids is 2. The number of hydrogen-bond donors (Lipinski definition) is 2. The molecular formula is C21H25ClF3N3O5. The number of halogens is 4. The minimum atomic E-state index is -4.67. The van der Waals surface area contributed by atoms with Gasteiger partial charge in [0.2, 0.25) is 5.91 Å². The van der Waals surface area contributed by atoms with Gasteiger partial charge in [0.25, 0.3) is 5.91 Å². The first-order valence-electron chi connectivity index (χ1n) is 10.3. The largest absolute Gasteiger partial charge is 0.522 e. The number of fused-ring (bicyclic) bond motifs is 1. The van der Waals surface area contributed by atoms with Gasteiger partial charge in [0.15, 0.2) is 6.10 Å². The van der Waals surface area contributed by atoms with Crippen molar-refractivity contribution in [1.29, 1.82) is 0 Å². The van der Waals surface area contributed by atoms with E-state index in [1.807, 2.05) is 11.9 Å². The number of carbonyl (C=O) groups is 2. The highest BCUT2D eigenvalue weighted by atomic mass is 35.5. The normalized spacial score (nSPS) is 22.0. The molecule has 1 saturated carbocycles. The van der Waals surface area contributed by atoms with Gasteiger partial charge in [-0.25, -0.2) is 0 Å². The van der Waals surface area contributed by atoms with Crippen LogP contribution in [0.1, 0.15) is 19.3 Å². The lowest BCUT2D eigenvalue weighted by molar-refractivity contribution is -0.357. The minimum absolute atomic E-state index is 0.0791. The van der Waals surface area contributed by atoms with Gasteiger partial charge >= 0.3 is 6.36 Å². The SMILES string of the molecule is C=C(CCNC(=O)C1CN(C)c2cc(Cl)ccc2O1)NC(=O)COC1CC(OC(F)(F)F)C1. The van der Waals surface area contributed by atoms with Crippen molar-refractivity contribution in [1.82, 2.24) is 10.6 Å². The highest BCUT2D eigenvalue weighted by Crippen LogP contribution is 2.35. The van der Waals surface area contributed by atoms with Crippen LogP contribution in [-0.4, -0.2) is 63.2 Å². The van der Waals surface area contributed by atoms with Gasteiger partial charge in [-0.2, -0.15) is 0 Å². The van der Waals surface area contributed by atoms with Crippen LogP contribution in [0, 0.1) is 0 Å². The second kappa shape index (κ2) is 10.6. The fourth-order valence-electron chi connectivity index (χ4n) is 3.44. The molecule has 0 saturated heterocycles. The lowest BCUT2D eigenvalue weighted by atomic mass is 9.92. The van der Waals surface area contributed by atoms with E-state index in [1.165, 1.54) is 0 Å². The summed E-state index contributed by atoms with van der Waals surface area (Å²) in [6.45, 7) is 4.01. The van der Waals surface area contributed by atoms with Gasteiger partial charge in [-0.05, 0) is 18.2 Å². The van der Waals surface area contributed by atoms with Crippen LogP contribution in [0.3, 0.4) is 0 Å². The molecule has 0 bridgehead atoms.